The number of hydrogen-bond acceptors (Lipinski definition) is 4. The molecule has 1 amide bonds. The smallest absolute Gasteiger partial charge is 0.251 e. The van der Waals surface area contributed by atoms with E-state index in [9.17, 15) is 13.2 Å². The van der Waals surface area contributed by atoms with Gasteiger partial charge >= 0.3 is 0 Å². The van der Waals surface area contributed by atoms with Crippen molar-refractivity contribution in [2.24, 2.45) is 0 Å². The Hall–Kier alpha value is -2.38. The van der Waals surface area contributed by atoms with Crippen LogP contribution in [0.15, 0.2) is 47.4 Å². The first kappa shape index (κ1) is 22.3. The molecule has 0 atom stereocenters. The molecule has 1 fully saturated rings. The Morgan fingerprint density at radius 3 is 2.40 bits per heavy atom. The van der Waals surface area contributed by atoms with Gasteiger partial charge in [0.15, 0.2) is 0 Å². The van der Waals surface area contributed by atoms with Gasteiger partial charge in [-0.05, 0) is 74.6 Å². The second kappa shape index (κ2) is 10.1. The number of sulfonamides is 1. The van der Waals surface area contributed by atoms with E-state index in [0.29, 0.717) is 43.1 Å². The molecule has 0 aromatic heterocycles. The summed E-state index contributed by atoms with van der Waals surface area (Å²) in [5.74, 6) is 0.652. The summed E-state index contributed by atoms with van der Waals surface area (Å²) in [6, 6.07) is 12.4. The van der Waals surface area contributed by atoms with Crippen LogP contribution in [0.25, 0.3) is 0 Å². The Balaban J connectivity index is 1.54. The van der Waals surface area contributed by atoms with Crippen LogP contribution in [-0.4, -0.2) is 44.9 Å². The van der Waals surface area contributed by atoms with Crippen molar-refractivity contribution in [2.45, 2.75) is 44.4 Å². The maximum atomic E-state index is 12.7. The number of hydrogen-bond donors (Lipinski definition) is 1. The molecule has 162 valence electrons. The lowest BCUT2D eigenvalue weighted by Crippen LogP contribution is -2.35. The molecule has 1 aliphatic heterocycles. The van der Waals surface area contributed by atoms with E-state index >= 15 is 0 Å². The molecule has 7 heteroatoms. The minimum atomic E-state index is -3.41. The summed E-state index contributed by atoms with van der Waals surface area (Å²) in [5, 5.41) is 2.92. The highest BCUT2D eigenvalue weighted by Crippen LogP contribution is 2.21. The molecule has 0 radical (unpaired) electrons. The fourth-order valence-electron chi connectivity index (χ4n) is 3.61. The third-order valence-electron chi connectivity index (χ3n) is 5.31. The van der Waals surface area contributed by atoms with Crippen LogP contribution in [0.1, 0.15) is 47.7 Å². The Kier molecular flexibility index (Phi) is 7.50. The number of ether oxygens (including phenoxy) is 1. The Labute approximate surface area is 179 Å². The molecule has 0 unspecified atom stereocenters. The van der Waals surface area contributed by atoms with Crippen LogP contribution in [0.4, 0.5) is 0 Å². The lowest BCUT2D eigenvalue weighted by Gasteiger charge is -2.25. The number of rotatable bonds is 8. The molecule has 2 aromatic rings. The van der Waals surface area contributed by atoms with Crippen molar-refractivity contribution in [1.29, 1.82) is 0 Å². The highest BCUT2D eigenvalue weighted by molar-refractivity contribution is 7.89. The molecule has 30 heavy (non-hydrogen) atoms. The lowest BCUT2D eigenvalue weighted by molar-refractivity contribution is 0.0954. The predicted molar refractivity (Wildman–Crippen MR) is 117 cm³/mol. The first-order valence-electron chi connectivity index (χ1n) is 10.5. The molecular formula is C23H30N2O4S. The monoisotopic (exact) mass is 430 g/mol. The highest BCUT2D eigenvalue weighted by atomic mass is 32.2. The third-order valence-corrected chi connectivity index (χ3v) is 7.23. The van der Waals surface area contributed by atoms with Crippen LogP contribution < -0.4 is 10.1 Å². The number of nitrogens with zero attached hydrogens (tertiary/aromatic N) is 1. The van der Waals surface area contributed by atoms with Crippen molar-refractivity contribution in [3.63, 3.8) is 0 Å². The quantitative estimate of drug-likeness (QED) is 0.695. The maximum Gasteiger partial charge on any atom is 0.251 e. The topological polar surface area (TPSA) is 75.7 Å². The van der Waals surface area contributed by atoms with E-state index in [1.165, 1.54) is 0 Å². The molecule has 1 heterocycles. The van der Waals surface area contributed by atoms with Gasteiger partial charge in [0.1, 0.15) is 5.75 Å². The van der Waals surface area contributed by atoms with Gasteiger partial charge in [-0.2, -0.15) is 4.31 Å². The number of nitrogens with one attached hydrogen (secondary N) is 1. The number of aryl methyl sites for hydroxylation is 1. The standard InChI is InChI=1S/C23H30N2O4S/c1-3-29-22-12-9-20(17-18(22)2)23(26)24-14-13-19-7-10-21(11-8-19)30(27,28)25-15-5-4-6-16-25/h7-12,17H,3-6,13-16H2,1-2H3,(H,24,26). The molecule has 1 N–H and O–H groups in total. The summed E-state index contributed by atoms with van der Waals surface area (Å²) in [6.07, 6.45) is 3.56. The first-order chi connectivity index (χ1) is 14.4. The zero-order valence-electron chi connectivity index (χ0n) is 17.7. The van der Waals surface area contributed by atoms with Crippen molar-refractivity contribution in [2.75, 3.05) is 26.2 Å². The fraction of sp³-hybridized carbons (Fsp3) is 0.435. The maximum absolute atomic E-state index is 12.7. The van der Waals surface area contributed by atoms with E-state index in [1.54, 1.807) is 22.5 Å². The van der Waals surface area contributed by atoms with Crippen molar-refractivity contribution in [3.8, 4) is 5.75 Å². The number of piperidine rings is 1. The molecule has 3 rings (SSSR count). The zero-order valence-corrected chi connectivity index (χ0v) is 18.5. The predicted octanol–water partition coefficient (Wildman–Crippen LogP) is 3.54. The van der Waals surface area contributed by atoms with Gasteiger partial charge in [-0.15, -0.1) is 0 Å². The molecule has 0 saturated carbocycles. The first-order valence-corrected chi connectivity index (χ1v) is 12.0. The van der Waals surface area contributed by atoms with E-state index < -0.39 is 10.0 Å². The number of benzene rings is 2. The Morgan fingerprint density at radius 1 is 1.07 bits per heavy atom. The second-order valence-electron chi connectivity index (χ2n) is 7.53. The van der Waals surface area contributed by atoms with Gasteiger partial charge in [-0.1, -0.05) is 18.6 Å². The molecule has 1 aliphatic rings. The minimum absolute atomic E-state index is 0.134. The molecule has 1 saturated heterocycles. The Bertz CT molecular complexity index is 965. The fourth-order valence-corrected chi connectivity index (χ4v) is 5.13. The molecule has 0 aliphatic carbocycles. The molecule has 2 aromatic carbocycles. The van der Waals surface area contributed by atoms with Crippen LogP contribution in [0.5, 0.6) is 5.75 Å². The average molecular weight is 431 g/mol. The SMILES string of the molecule is CCOc1ccc(C(=O)NCCc2ccc(S(=O)(=O)N3CCCCC3)cc2)cc1C. The van der Waals surface area contributed by atoms with Gasteiger partial charge in [0.2, 0.25) is 10.0 Å². The van der Waals surface area contributed by atoms with Crippen LogP contribution >= 0.6 is 0 Å². The van der Waals surface area contributed by atoms with Gasteiger partial charge < -0.3 is 10.1 Å². The van der Waals surface area contributed by atoms with Crippen LogP contribution in [0.3, 0.4) is 0 Å². The molecule has 6 nitrogen and oxygen atoms in total. The summed E-state index contributed by atoms with van der Waals surface area (Å²) in [4.78, 5) is 12.7. The van der Waals surface area contributed by atoms with E-state index in [4.69, 9.17) is 4.74 Å². The second-order valence-corrected chi connectivity index (χ2v) is 9.47. The number of carbonyl (C=O) groups excluding carboxylic acids is 1. The van der Waals surface area contributed by atoms with Crippen molar-refractivity contribution in [3.05, 3.63) is 59.2 Å². The summed E-state index contributed by atoms with van der Waals surface area (Å²) in [7, 11) is -3.41. The van der Waals surface area contributed by atoms with Crippen molar-refractivity contribution < 1.29 is 17.9 Å². The summed E-state index contributed by atoms with van der Waals surface area (Å²) in [5.41, 5.74) is 2.50. The van der Waals surface area contributed by atoms with Crippen LogP contribution in [0, 0.1) is 6.92 Å². The van der Waals surface area contributed by atoms with Gasteiger partial charge in [-0.25, -0.2) is 8.42 Å². The Morgan fingerprint density at radius 2 is 1.77 bits per heavy atom. The van der Waals surface area contributed by atoms with E-state index in [0.717, 1.165) is 36.1 Å². The summed E-state index contributed by atoms with van der Waals surface area (Å²) < 4.78 is 32.5. The van der Waals surface area contributed by atoms with Crippen molar-refractivity contribution >= 4 is 15.9 Å². The van der Waals surface area contributed by atoms with Gasteiger partial charge in [0.05, 0.1) is 11.5 Å². The van der Waals surface area contributed by atoms with Crippen LogP contribution in [0.2, 0.25) is 0 Å². The number of amides is 1. The largest absolute Gasteiger partial charge is 0.494 e. The zero-order chi connectivity index (χ0) is 21.6. The summed E-state index contributed by atoms with van der Waals surface area (Å²) in [6.45, 7) is 6.10. The van der Waals surface area contributed by atoms with E-state index in [1.807, 2.05) is 38.1 Å². The highest BCUT2D eigenvalue weighted by Gasteiger charge is 2.25. The van der Waals surface area contributed by atoms with Gasteiger partial charge in [-0.3, -0.25) is 4.79 Å². The molecular weight excluding hydrogens is 400 g/mol. The molecule has 0 bridgehead atoms. The average Bonchev–Trinajstić information content (AvgIpc) is 2.76. The molecule has 0 spiro atoms. The van der Waals surface area contributed by atoms with E-state index in [-0.39, 0.29) is 5.91 Å². The summed E-state index contributed by atoms with van der Waals surface area (Å²) >= 11 is 0. The number of carbonyl (C=O) groups is 1. The van der Waals surface area contributed by atoms with E-state index in [2.05, 4.69) is 5.32 Å². The lowest BCUT2D eigenvalue weighted by atomic mass is 10.1. The minimum Gasteiger partial charge on any atom is -0.494 e. The van der Waals surface area contributed by atoms with Gasteiger partial charge in [0.25, 0.3) is 5.91 Å². The third kappa shape index (κ3) is 5.40. The van der Waals surface area contributed by atoms with Gasteiger partial charge in [0, 0.05) is 25.2 Å². The van der Waals surface area contributed by atoms with Crippen LogP contribution in [-0.2, 0) is 16.4 Å². The van der Waals surface area contributed by atoms with Crippen molar-refractivity contribution in [1.82, 2.24) is 9.62 Å². The normalized spacial score (nSPS) is 15.0.